The fraction of sp³-hybridized carbons (Fsp3) is 0.400. The van der Waals surface area contributed by atoms with Crippen LogP contribution in [0.2, 0.25) is 0 Å². The molecule has 0 saturated carbocycles. The summed E-state index contributed by atoms with van der Waals surface area (Å²) in [5, 5.41) is 0. The monoisotopic (exact) mass is 150 g/mol. The summed E-state index contributed by atoms with van der Waals surface area (Å²) in [4.78, 5) is 0. The van der Waals surface area contributed by atoms with Crippen molar-refractivity contribution in [3.8, 4) is 0 Å². The van der Waals surface area contributed by atoms with E-state index in [1.54, 1.807) is 12.5 Å². The second kappa shape index (κ2) is 4.02. The maximum atomic E-state index is 4.96. The van der Waals surface area contributed by atoms with E-state index in [4.69, 9.17) is 4.42 Å². The van der Waals surface area contributed by atoms with Crippen LogP contribution >= 0.6 is 0 Å². The van der Waals surface area contributed by atoms with Crippen molar-refractivity contribution >= 4 is 6.08 Å². The van der Waals surface area contributed by atoms with Gasteiger partial charge in [0.25, 0.3) is 0 Å². The molecule has 0 bridgehead atoms. The van der Waals surface area contributed by atoms with Crippen LogP contribution in [0.5, 0.6) is 0 Å². The van der Waals surface area contributed by atoms with E-state index in [0.717, 1.165) is 12.8 Å². The molecule has 1 nitrogen and oxygen atoms in total. The minimum Gasteiger partial charge on any atom is -0.472 e. The maximum Gasteiger partial charge on any atom is 0.0974 e. The molecule has 0 unspecified atom stereocenters. The number of hydrogen-bond acceptors (Lipinski definition) is 1. The highest BCUT2D eigenvalue weighted by molar-refractivity contribution is 5.50. The summed E-state index contributed by atoms with van der Waals surface area (Å²) in [7, 11) is 0. The molecule has 1 heterocycles. The van der Waals surface area contributed by atoms with Crippen molar-refractivity contribution < 1.29 is 4.42 Å². The smallest absolute Gasteiger partial charge is 0.0974 e. The van der Waals surface area contributed by atoms with Gasteiger partial charge in [0.1, 0.15) is 0 Å². The van der Waals surface area contributed by atoms with Crippen LogP contribution in [0.1, 0.15) is 32.3 Å². The quantitative estimate of drug-likeness (QED) is 0.643. The van der Waals surface area contributed by atoms with Gasteiger partial charge >= 0.3 is 0 Å². The van der Waals surface area contributed by atoms with Crippen LogP contribution in [0.4, 0.5) is 0 Å². The highest BCUT2D eigenvalue weighted by Gasteiger charge is 1.92. The van der Waals surface area contributed by atoms with Crippen LogP contribution in [-0.2, 0) is 0 Å². The Balaban J connectivity index is 2.71. The Morgan fingerprint density at radius 3 is 2.64 bits per heavy atom. The molecule has 0 fully saturated rings. The standard InChI is InChI=1S/C10H14O/c1-3-9(4-2)7-10-5-6-11-8-10/h5-8H,3-4H2,1-2H3. The van der Waals surface area contributed by atoms with E-state index in [-0.39, 0.29) is 0 Å². The van der Waals surface area contributed by atoms with Crippen LogP contribution in [0.3, 0.4) is 0 Å². The van der Waals surface area contributed by atoms with E-state index >= 15 is 0 Å². The second-order valence-corrected chi connectivity index (χ2v) is 2.57. The fourth-order valence-electron chi connectivity index (χ4n) is 1.05. The predicted molar refractivity (Wildman–Crippen MR) is 47.3 cm³/mol. The third kappa shape index (κ3) is 2.26. The lowest BCUT2D eigenvalue weighted by atomic mass is 10.1. The van der Waals surface area contributed by atoms with Gasteiger partial charge in [0.2, 0.25) is 0 Å². The van der Waals surface area contributed by atoms with Gasteiger partial charge in [-0.25, -0.2) is 0 Å². The van der Waals surface area contributed by atoms with Gasteiger partial charge in [-0.3, -0.25) is 0 Å². The van der Waals surface area contributed by atoms with Gasteiger partial charge in [0, 0.05) is 5.56 Å². The lowest BCUT2D eigenvalue weighted by molar-refractivity contribution is 0.567. The molecule has 0 radical (unpaired) electrons. The highest BCUT2D eigenvalue weighted by atomic mass is 16.3. The number of allylic oxidation sites excluding steroid dienone is 1. The van der Waals surface area contributed by atoms with Crippen molar-refractivity contribution in [3.05, 3.63) is 29.7 Å². The van der Waals surface area contributed by atoms with Crippen molar-refractivity contribution in [1.29, 1.82) is 0 Å². The summed E-state index contributed by atoms with van der Waals surface area (Å²) in [6.45, 7) is 4.35. The van der Waals surface area contributed by atoms with Crippen LogP contribution in [0.15, 0.2) is 28.6 Å². The first-order valence-electron chi connectivity index (χ1n) is 4.08. The van der Waals surface area contributed by atoms with Crippen molar-refractivity contribution in [2.45, 2.75) is 26.7 Å². The average molecular weight is 150 g/mol. The van der Waals surface area contributed by atoms with Gasteiger partial charge in [0.15, 0.2) is 0 Å². The van der Waals surface area contributed by atoms with Gasteiger partial charge in [-0.2, -0.15) is 0 Å². The molecule has 11 heavy (non-hydrogen) atoms. The molecule has 1 heteroatoms. The van der Waals surface area contributed by atoms with Gasteiger partial charge in [-0.05, 0) is 18.9 Å². The molecule has 0 saturated heterocycles. The summed E-state index contributed by atoms with van der Waals surface area (Å²) >= 11 is 0. The Morgan fingerprint density at radius 1 is 1.45 bits per heavy atom. The zero-order chi connectivity index (χ0) is 8.10. The van der Waals surface area contributed by atoms with Crippen LogP contribution < -0.4 is 0 Å². The van der Waals surface area contributed by atoms with Crippen LogP contribution in [-0.4, -0.2) is 0 Å². The molecule has 0 aliphatic heterocycles. The third-order valence-corrected chi connectivity index (χ3v) is 1.82. The third-order valence-electron chi connectivity index (χ3n) is 1.82. The molecule has 0 aliphatic rings. The van der Waals surface area contributed by atoms with Gasteiger partial charge in [-0.15, -0.1) is 0 Å². The molecule has 0 spiro atoms. The molecule has 1 aromatic rings. The molecule has 1 rings (SSSR count). The molecule has 0 aliphatic carbocycles. The van der Waals surface area contributed by atoms with Crippen molar-refractivity contribution in [3.63, 3.8) is 0 Å². The van der Waals surface area contributed by atoms with Crippen molar-refractivity contribution in [2.24, 2.45) is 0 Å². The van der Waals surface area contributed by atoms with Crippen molar-refractivity contribution in [1.82, 2.24) is 0 Å². The van der Waals surface area contributed by atoms with E-state index in [1.807, 2.05) is 6.07 Å². The number of hydrogen-bond donors (Lipinski definition) is 0. The first kappa shape index (κ1) is 8.12. The molecule has 0 aromatic carbocycles. The maximum absolute atomic E-state index is 4.96. The second-order valence-electron chi connectivity index (χ2n) is 2.57. The van der Waals surface area contributed by atoms with Crippen LogP contribution in [0.25, 0.3) is 6.08 Å². The van der Waals surface area contributed by atoms with E-state index in [0.29, 0.717) is 0 Å². The zero-order valence-corrected chi connectivity index (χ0v) is 7.13. The summed E-state index contributed by atoms with van der Waals surface area (Å²) in [6, 6.07) is 1.98. The van der Waals surface area contributed by atoms with E-state index < -0.39 is 0 Å². The summed E-state index contributed by atoms with van der Waals surface area (Å²) in [5.41, 5.74) is 2.63. The Morgan fingerprint density at radius 2 is 2.18 bits per heavy atom. The normalized spacial score (nSPS) is 9.64. The molecular formula is C10H14O. The van der Waals surface area contributed by atoms with E-state index in [2.05, 4.69) is 19.9 Å². The predicted octanol–water partition coefficient (Wildman–Crippen LogP) is 3.48. The zero-order valence-electron chi connectivity index (χ0n) is 7.13. The Kier molecular flexibility index (Phi) is 2.96. The molecule has 1 aromatic heterocycles. The van der Waals surface area contributed by atoms with Gasteiger partial charge in [-0.1, -0.05) is 25.5 Å². The first-order chi connectivity index (χ1) is 5.36. The van der Waals surface area contributed by atoms with E-state index in [9.17, 15) is 0 Å². The Bertz CT molecular complexity index is 213. The minimum absolute atomic E-state index is 1.13. The summed E-state index contributed by atoms with van der Waals surface area (Å²) in [5.74, 6) is 0. The lowest BCUT2D eigenvalue weighted by Gasteiger charge is -1.96. The number of furan rings is 1. The van der Waals surface area contributed by atoms with Gasteiger partial charge in [0.05, 0.1) is 12.5 Å². The first-order valence-corrected chi connectivity index (χ1v) is 4.08. The fourth-order valence-corrected chi connectivity index (χ4v) is 1.05. The Hall–Kier alpha value is -0.980. The Labute approximate surface area is 67.7 Å². The highest BCUT2D eigenvalue weighted by Crippen LogP contribution is 2.12. The van der Waals surface area contributed by atoms with Crippen molar-refractivity contribution in [2.75, 3.05) is 0 Å². The summed E-state index contributed by atoms with van der Waals surface area (Å²) in [6.07, 6.45) is 7.91. The molecule has 0 atom stereocenters. The molecule has 0 N–H and O–H groups in total. The summed E-state index contributed by atoms with van der Waals surface area (Å²) < 4.78 is 4.96. The average Bonchev–Trinajstić information content (AvgIpc) is 2.52. The molecule has 0 amide bonds. The largest absolute Gasteiger partial charge is 0.472 e. The molecular weight excluding hydrogens is 136 g/mol. The van der Waals surface area contributed by atoms with Crippen LogP contribution in [0, 0.1) is 0 Å². The van der Waals surface area contributed by atoms with Gasteiger partial charge < -0.3 is 4.42 Å². The SMILES string of the molecule is CCC(=Cc1ccoc1)CC. The van der Waals surface area contributed by atoms with E-state index in [1.165, 1.54) is 11.1 Å². The minimum atomic E-state index is 1.13. The number of rotatable bonds is 3. The molecule has 60 valence electrons. The lowest BCUT2D eigenvalue weighted by Crippen LogP contribution is -1.75. The topological polar surface area (TPSA) is 13.1 Å².